The molecule has 2 aromatic heterocycles. The third-order valence-corrected chi connectivity index (χ3v) is 7.80. The summed E-state index contributed by atoms with van der Waals surface area (Å²) in [7, 11) is -2.47. The van der Waals surface area contributed by atoms with Gasteiger partial charge in [-0.25, -0.2) is 32.7 Å². The van der Waals surface area contributed by atoms with Crippen molar-refractivity contribution < 1.29 is 26.7 Å². The van der Waals surface area contributed by atoms with Crippen molar-refractivity contribution in [2.45, 2.75) is 13.3 Å². The Balaban J connectivity index is 1.66. The van der Waals surface area contributed by atoms with Crippen molar-refractivity contribution in [1.82, 2.24) is 19.9 Å². The third kappa shape index (κ3) is 5.80. The predicted molar refractivity (Wildman–Crippen MR) is 148 cm³/mol. The minimum absolute atomic E-state index is 0.119. The highest BCUT2D eigenvalue weighted by atomic mass is 32.2. The van der Waals surface area contributed by atoms with Crippen molar-refractivity contribution in [3.8, 4) is 28.3 Å². The number of aromatic nitrogens is 4. The Morgan fingerprint density at radius 2 is 1.85 bits per heavy atom. The van der Waals surface area contributed by atoms with E-state index in [1.165, 1.54) is 25.3 Å². The van der Waals surface area contributed by atoms with Crippen LogP contribution in [0.3, 0.4) is 0 Å². The van der Waals surface area contributed by atoms with E-state index in [0.29, 0.717) is 71.5 Å². The number of sulfonamides is 1. The van der Waals surface area contributed by atoms with Crippen LogP contribution in [0.5, 0.6) is 5.75 Å². The maximum atomic E-state index is 15.8. The van der Waals surface area contributed by atoms with Crippen LogP contribution in [-0.4, -0.2) is 74.2 Å². The summed E-state index contributed by atoms with van der Waals surface area (Å²) < 4.78 is 66.4. The van der Waals surface area contributed by atoms with Gasteiger partial charge in [-0.3, -0.25) is 9.11 Å². The number of fused-ring (bicyclic) bond motifs is 1. The van der Waals surface area contributed by atoms with Crippen LogP contribution in [0.1, 0.15) is 12.2 Å². The highest BCUT2D eigenvalue weighted by Crippen LogP contribution is 2.40. The zero-order valence-electron chi connectivity index (χ0n) is 22.0. The molecule has 10 nitrogen and oxygen atoms in total. The van der Waals surface area contributed by atoms with E-state index in [9.17, 15) is 12.8 Å². The second-order valence-electron chi connectivity index (χ2n) is 9.19. The molecule has 13 heteroatoms. The Morgan fingerprint density at radius 3 is 2.55 bits per heavy atom. The summed E-state index contributed by atoms with van der Waals surface area (Å²) >= 11 is 0. The molecule has 1 saturated heterocycles. The zero-order valence-corrected chi connectivity index (χ0v) is 22.8. The first-order valence-corrected chi connectivity index (χ1v) is 14.3. The minimum Gasteiger partial charge on any atom is -0.496 e. The molecule has 0 unspecified atom stereocenters. The molecule has 0 radical (unpaired) electrons. The van der Waals surface area contributed by atoms with E-state index in [0.717, 1.165) is 0 Å². The number of methoxy groups -OCH3 is 1. The molecule has 2 aromatic carbocycles. The summed E-state index contributed by atoms with van der Waals surface area (Å²) in [4.78, 5) is 20.2. The lowest BCUT2D eigenvalue weighted by molar-refractivity contribution is 0.122. The lowest BCUT2D eigenvalue weighted by atomic mass is 10.0. The van der Waals surface area contributed by atoms with Gasteiger partial charge in [0.25, 0.3) is 0 Å². The average Bonchev–Trinajstić information content (AvgIpc) is 2.96. The highest BCUT2D eigenvalue weighted by molar-refractivity contribution is 7.92. The average molecular weight is 571 g/mol. The third-order valence-electron chi connectivity index (χ3n) is 6.45. The minimum atomic E-state index is -3.93. The lowest BCUT2D eigenvalue weighted by Crippen LogP contribution is -2.37. The standard InChI is InChI=1S/C27H28F2N6O4S/c1-17-30-15-18(16-31-17)26-32-23-14-24(38-2)20(13-21(23)27(33-26)35-8-10-39-11-9-35)19-5-3-6-22(25(19)29)34-40(36,37)12-4-7-28/h3,5-6,13-16,34H,4,7-12H2,1-2H3. The van der Waals surface area contributed by atoms with E-state index in [4.69, 9.17) is 19.4 Å². The van der Waals surface area contributed by atoms with Crippen molar-refractivity contribution >= 4 is 32.4 Å². The van der Waals surface area contributed by atoms with Gasteiger partial charge in [-0.1, -0.05) is 12.1 Å². The smallest absolute Gasteiger partial charge is 0.232 e. The van der Waals surface area contributed by atoms with Gasteiger partial charge >= 0.3 is 0 Å². The van der Waals surface area contributed by atoms with E-state index in [-0.39, 0.29) is 17.7 Å². The molecule has 1 aliphatic heterocycles. The number of benzene rings is 2. The number of alkyl halides is 1. The van der Waals surface area contributed by atoms with Crippen LogP contribution in [0.2, 0.25) is 0 Å². The number of hydrogen-bond donors (Lipinski definition) is 1. The van der Waals surface area contributed by atoms with Crippen LogP contribution in [0.15, 0.2) is 42.7 Å². The first-order valence-electron chi connectivity index (χ1n) is 12.7. The number of rotatable bonds is 9. The number of morpholine rings is 1. The molecule has 1 aliphatic rings. The fourth-order valence-electron chi connectivity index (χ4n) is 4.45. The molecule has 4 aromatic rings. The van der Waals surface area contributed by atoms with Gasteiger partial charge < -0.3 is 14.4 Å². The first-order chi connectivity index (χ1) is 19.3. The van der Waals surface area contributed by atoms with Gasteiger partial charge in [-0.15, -0.1) is 0 Å². The van der Waals surface area contributed by atoms with Crippen LogP contribution in [-0.2, 0) is 14.8 Å². The number of hydrogen-bond acceptors (Lipinski definition) is 9. The quantitative estimate of drug-likeness (QED) is 0.317. The molecule has 0 amide bonds. The van der Waals surface area contributed by atoms with Crippen LogP contribution < -0.4 is 14.4 Å². The van der Waals surface area contributed by atoms with E-state index < -0.39 is 28.3 Å². The highest BCUT2D eigenvalue weighted by Gasteiger charge is 2.23. The summed E-state index contributed by atoms with van der Waals surface area (Å²) in [6.07, 6.45) is 3.14. The Kier molecular flexibility index (Phi) is 8.03. The molecule has 1 fully saturated rings. The maximum Gasteiger partial charge on any atom is 0.232 e. The fourth-order valence-corrected chi connectivity index (χ4v) is 5.54. The number of nitrogens with zero attached hydrogens (tertiary/aromatic N) is 5. The molecule has 210 valence electrons. The Bertz CT molecular complexity index is 1630. The summed E-state index contributed by atoms with van der Waals surface area (Å²) in [6.45, 7) is 3.25. The molecule has 1 N–H and O–H groups in total. The van der Waals surface area contributed by atoms with E-state index in [1.54, 1.807) is 31.5 Å². The summed E-state index contributed by atoms with van der Waals surface area (Å²) in [5, 5.41) is 0.655. The molecule has 40 heavy (non-hydrogen) atoms. The zero-order chi connectivity index (χ0) is 28.3. The molecule has 0 saturated carbocycles. The van der Waals surface area contributed by atoms with Crippen LogP contribution in [0.25, 0.3) is 33.4 Å². The number of ether oxygens (including phenoxy) is 2. The van der Waals surface area contributed by atoms with Gasteiger partial charge in [0.15, 0.2) is 11.6 Å². The Hall–Kier alpha value is -3.97. The largest absolute Gasteiger partial charge is 0.496 e. The SMILES string of the molecule is COc1cc2nc(-c3cnc(C)nc3)nc(N3CCOCC3)c2cc1-c1cccc(NS(=O)(=O)CCCF)c1F. The fraction of sp³-hybridized carbons (Fsp3) is 0.333. The Morgan fingerprint density at radius 1 is 1.10 bits per heavy atom. The van der Waals surface area contributed by atoms with Crippen LogP contribution in [0.4, 0.5) is 20.3 Å². The van der Waals surface area contributed by atoms with E-state index in [2.05, 4.69) is 19.6 Å². The van der Waals surface area contributed by atoms with Gasteiger partial charge in [0.05, 0.1) is 49.5 Å². The van der Waals surface area contributed by atoms with Crippen molar-refractivity contribution in [2.75, 3.05) is 55.5 Å². The molecule has 0 atom stereocenters. The van der Waals surface area contributed by atoms with Gasteiger partial charge in [0.1, 0.15) is 17.4 Å². The molecule has 0 spiro atoms. The van der Waals surface area contributed by atoms with Gasteiger partial charge in [0.2, 0.25) is 10.0 Å². The number of nitrogens with one attached hydrogen (secondary N) is 1. The maximum absolute atomic E-state index is 15.8. The van der Waals surface area contributed by atoms with Crippen LogP contribution in [0, 0.1) is 12.7 Å². The summed E-state index contributed by atoms with van der Waals surface area (Å²) in [5.74, 6) is 0.781. The van der Waals surface area contributed by atoms with Crippen molar-refractivity contribution in [1.29, 1.82) is 0 Å². The van der Waals surface area contributed by atoms with Crippen molar-refractivity contribution in [3.63, 3.8) is 0 Å². The second-order valence-corrected chi connectivity index (χ2v) is 11.0. The second kappa shape index (κ2) is 11.6. The van der Waals surface area contributed by atoms with Gasteiger partial charge in [0, 0.05) is 48.1 Å². The molecule has 3 heterocycles. The monoisotopic (exact) mass is 570 g/mol. The molecular weight excluding hydrogens is 542 g/mol. The van der Waals surface area contributed by atoms with Crippen molar-refractivity contribution in [3.05, 3.63) is 54.4 Å². The Labute approximate surface area is 230 Å². The molecule has 0 aliphatic carbocycles. The first kappa shape index (κ1) is 27.6. The van der Waals surface area contributed by atoms with E-state index in [1.807, 2.05) is 0 Å². The topological polar surface area (TPSA) is 119 Å². The van der Waals surface area contributed by atoms with E-state index >= 15 is 4.39 Å². The normalized spacial score (nSPS) is 13.9. The number of halogens is 2. The predicted octanol–water partition coefficient (Wildman–Crippen LogP) is 4.15. The summed E-state index contributed by atoms with van der Waals surface area (Å²) in [5.41, 5.74) is 1.48. The number of aryl methyl sites for hydroxylation is 1. The van der Waals surface area contributed by atoms with Gasteiger partial charge in [-0.05, 0) is 25.5 Å². The summed E-state index contributed by atoms with van der Waals surface area (Å²) in [6, 6.07) is 7.83. The van der Waals surface area contributed by atoms with Crippen LogP contribution >= 0.6 is 0 Å². The molecular formula is C27H28F2N6O4S. The lowest BCUT2D eigenvalue weighted by Gasteiger charge is -2.29. The molecule has 0 bridgehead atoms. The van der Waals surface area contributed by atoms with Crippen molar-refractivity contribution in [2.24, 2.45) is 0 Å². The number of anilines is 2. The molecule has 5 rings (SSSR count). The van der Waals surface area contributed by atoms with Gasteiger partial charge in [-0.2, -0.15) is 0 Å².